The van der Waals surface area contributed by atoms with Gasteiger partial charge in [-0.3, -0.25) is 19.1 Å². The summed E-state index contributed by atoms with van der Waals surface area (Å²) in [6.07, 6.45) is 5.47. The number of nitrogens with one attached hydrogen (secondary N) is 2. The van der Waals surface area contributed by atoms with Crippen molar-refractivity contribution in [2.45, 2.75) is 6.92 Å². The zero-order chi connectivity index (χ0) is 22.8. The lowest BCUT2D eigenvalue weighted by atomic mass is 10.0. The van der Waals surface area contributed by atoms with Crippen molar-refractivity contribution in [1.29, 1.82) is 5.41 Å². The van der Waals surface area contributed by atoms with Gasteiger partial charge in [-0.05, 0) is 54.5 Å². The van der Waals surface area contributed by atoms with Gasteiger partial charge in [0.1, 0.15) is 0 Å². The van der Waals surface area contributed by atoms with E-state index in [0.717, 1.165) is 21.9 Å². The van der Waals surface area contributed by atoms with E-state index in [1.165, 1.54) is 24.6 Å². The Kier molecular flexibility index (Phi) is 5.39. The molecule has 7 heteroatoms. The standard InChI is InChI=1S/C25H21N5O2/c1-3-23(31)29-22-11-19(7-4-15(22)2)30-24(32)9-6-17-14-28-21-8-5-16(18(12-26)13-27)10-20(21)25(17)30/h3-14,26H,1,27H2,2H3,(H,29,31)/b18-13+,26-12?. The molecule has 0 spiro atoms. The third-order valence-electron chi connectivity index (χ3n) is 5.31. The van der Waals surface area contributed by atoms with Gasteiger partial charge in [0.25, 0.3) is 5.56 Å². The van der Waals surface area contributed by atoms with Crippen LogP contribution in [0, 0.1) is 12.3 Å². The van der Waals surface area contributed by atoms with Gasteiger partial charge in [0.2, 0.25) is 5.91 Å². The molecular weight excluding hydrogens is 402 g/mol. The van der Waals surface area contributed by atoms with Crippen molar-refractivity contribution in [3.63, 3.8) is 0 Å². The first-order valence-corrected chi connectivity index (χ1v) is 9.88. The Morgan fingerprint density at radius 1 is 1.19 bits per heavy atom. The fourth-order valence-electron chi connectivity index (χ4n) is 3.64. The maximum absolute atomic E-state index is 13.1. The highest BCUT2D eigenvalue weighted by Crippen LogP contribution is 2.28. The van der Waals surface area contributed by atoms with E-state index < -0.39 is 0 Å². The largest absolute Gasteiger partial charge is 0.404 e. The van der Waals surface area contributed by atoms with E-state index in [1.807, 2.05) is 37.3 Å². The number of hydrogen-bond acceptors (Lipinski definition) is 5. The van der Waals surface area contributed by atoms with Crippen molar-refractivity contribution < 1.29 is 4.79 Å². The third-order valence-corrected chi connectivity index (χ3v) is 5.31. The van der Waals surface area contributed by atoms with Crippen LogP contribution in [0.4, 0.5) is 5.69 Å². The van der Waals surface area contributed by atoms with E-state index in [-0.39, 0.29) is 11.5 Å². The normalized spacial score (nSPS) is 11.5. The van der Waals surface area contributed by atoms with Crippen molar-refractivity contribution in [1.82, 2.24) is 9.55 Å². The van der Waals surface area contributed by atoms with Crippen LogP contribution in [0.25, 0.3) is 33.1 Å². The summed E-state index contributed by atoms with van der Waals surface area (Å²) >= 11 is 0. The quantitative estimate of drug-likeness (QED) is 0.256. The van der Waals surface area contributed by atoms with Gasteiger partial charge in [0.15, 0.2) is 0 Å². The van der Waals surface area contributed by atoms with Crippen LogP contribution >= 0.6 is 0 Å². The van der Waals surface area contributed by atoms with E-state index in [2.05, 4.69) is 16.9 Å². The van der Waals surface area contributed by atoms with Gasteiger partial charge in [-0.2, -0.15) is 0 Å². The number of aromatic nitrogens is 2. The number of benzene rings is 2. The van der Waals surface area contributed by atoms with Crippen LogP contribution in [0.3, 0.4) is 0 Å². The van der Waals surface area contributed by atoms with Gasteiger partial charge >= 0.3 is 0 Å². The number of carbonyl (C=O) groups is 1. The number of allylic oxidation sites excluding steroid dienone is 1. The van der Waals surface area contributed by atoms with Crippen LogP contribution in [0.5, 0.6) is 0 Å². The number of nitrogens with two attached hydrogens (primary N) is 1. The molecule has 4 rings (SSSR count). The average molecular weight is 423 g/mol. The number of anilines is 1. The van der Waals surface area contributed by atoms with Gasteiger partial charge in [0.05, 0.1) is 16.7 Å². The Balaban J connectivity index is 2.06. The highest BCUT2D eigenvalue weighted by Gasteiger charge is 2.13. The monoisotopic (exact) mass is 423 g/mol. The topological polar surface area (TPSA) is 114 Å². The second-order valence-corrected chi connectivity index (χ2v) is 7.26. The minimum absolute atomic E-state index is 0.220. The van der Waals surface area contributed by atoms with Crippen molar-refractivity contribution in [3.8, 4) is 5.69 Å². The van der Waals surface area contributed by atoms with Crippen LogP contribution in [-0.4, -0.2) is 21.7 Å². The fraction of sp³-hybridized carbons (Fsp3) is 0.0400. The van der Waals surface area contributed by atoms with E-state index in [1.54, 1.807) is 22.9 Å². The molecule has 2 aromatic heterocycles. The molecule has 4 N–H and O–H groups in total. The Bertz CT molecular complexity index is 1500. The summed E-state index contributed by atoms with van der Waals surface area (Å²) in [7, 11) is 0. The van der Waals surface area contributed by atoms with Crippen LogP contribution in [-0.2, 0) is 4.79 Å². The lowest BCUT2D eigenvalue weighted by molar-refractivity contribution is -0.111. The Morgan fingerprint density at radius 3 is 2.72 bits per heavy atom. The summed E-state index contributed by atoms with van der Waals surface area (Å²) in [5.41, 5.74) is 10.2. The molecule has 0 aliphatic carbocycles. The zero-order valence-electron chi connectivity index (χ0n) is 17.4. The molecule has 32 heavy (non-hydrogen) atoms. The number of carbonyl (C=O) groups excluding carboxylic acids is 1. The van der Waals surface area contributed by atoms with E-state index in [9.17, 15) is 9.59 Å². The van der Waals surface area contributed by atoms with Crippen molar-refractivity contribution in [2.24, 2.45) is 5.73 Å². The highest BCUT2D eigenvalue weighted by molar-refractivity contribution is 6.11. The summed E-state index contributed by atoms with van der Waals surface area (Å²) in [6.45, 7) is 5.36. The van der Waals surface area contributed by atoms with Gasteiger partial charge in [0, 0.05) is 46.7 Å². The molecule has 0 bridgehead atoms. The molecule has 0 atom stereocenters. The molecule has 0 saturated heterocycles. The minimum atomic E-state index is -0.331. The maximum Gasteiger partial charge on any atom is 0.255 e. The Hall–Kier alpha value is -4.52. The van der Waals surface area contributed by atoms with Crippen molar-refractivity contribution in [2.75, 3.05) is 5.32 Å². The molecule has 0 fully saturated rings. The number of rotatable bonds is 5. The zero-order valence-corrected chi connectivity index (χ0v) is 17.4. The summed E-state index contributed by atoms with van der Waals surface area (Å²) in [5, 5.41) is 11.9. The van der Waals surface area contributed by atoms with Gasteiger partial charge in [-0.25, -0.2) is 0 Å². The molecule has 0 radical (unpaired) electrons. The van der Waals surface area contributed by atoms with E-state index in [4.69, 9.17) is 11.1 Å². The molecule has 4 aromatic rings. The summed E-state index contributed by atoms with van der Waals surface area (Å²) < 4.78 is 1.60. The molecule has 0 saturated carbocycles. The number of amides is 1. The van der Waals surface area contributed by atoms with Gasteiger partial charge in [-0.1, -0.05) is 18.7 Å². The summed E-state index contributed by atoms with van der Waals surface area (Å²) in [5.74, 6) is -0.331. The van der Waals surface area contributed by atoms with Crippen LogP contribution in [0.1, 0.15) is 11.1 Å². The number of fused-ring (bicyclic) bond motifs is 3. The molecule has 0 aliphatic rings. The molecule has 1 amide bonds. The first kappa shape index (κ1) is 20.7. The molecular formula is C25H21N5O2. The van der Waals surface area contributed by atoms with Gasteiger partial charge in [-0.15, -0.1) is 0 Å². The van der Waals surface area contributed by atoms with Gasteiger partial charge < -0.3 is 16.5 Å². The molecule has 2 aromatic carbocycles. The SMILES string of the molecule is C=CC(=O)Nc1cc(-n2c(=O)ccc3cnc4ccc(/C(C=N)=C/N)cc4c32)ccc1C. The van der Waals surface area contributed by atoms with Crippen LogP contribution in [0.15, 0.2) is 78.4 Å². The van der Waals surface area contributed by atoms with Crippen molar-refractivity contribution >= 4 is 45.2 Å². The average Bonchev–Trinajstić information content (AvgIpc) is 2.81. The third kappa shape index (κ3) is 3.56. The highest BCUT2D eigenvalue weighted by atomic mass is 16.1. The number of pyridine rings is 2. The predicted molar refractivity (Wildman–Crippen MR) is 129 cm³/mol. The first-order valence-electron chi connectivity index (χ1n) is 9.88. The molecule has 158 valence electrons. The van der Waals surface area contributed by atoms with Crippen molar-refractivity contribution in [3.05, 3.63) is 95.1 Å². The van der Waals surface area contributed by atoms with Crippen LogP contribution < -0.4 is 16.6 Å². The summed E-state index contributed by atoms with van der Waals surface area (Å²) in [6, 6.07) is 14.2. The second kappa shape index (κ2) is 8.31. The number of nitrogens with zero attached hydrogens (tertiary/aromatic N) is 2. The summed E-state index contributed by atoms with van der Waals surface area (Å²) in [4.78, 5) is 29.4. The molecule has 7 nitrogen and oxygen atoms in total. The van der Waals surface area contributed by atoms with E-state index in [0.29, 0.717) is 28.0 Å². The minimum Gasteiger partial charge on any atom is -0.404 e. The lowest BCUT2D eigenvalue weighted by Gasteiger charge is -2.15. The first-order chi connectivity index (χ1) is 15.5. The van der Waals surface area contributed by atoms with Crippen LogP contribution in [0.2, 0.25) is 0 Å². The van der Waals surface area contributed by atoms with E-state index >= 15 is 0 Å². The molecule has 0 unspecified atom stereocenters. The maximum atomic E-state index is 13.1. The Labute approximate surface area is 184 Å². The smallest absolute Gasteiger partial charge is 0.255 e. The fourth-order valence-corrected chi connectivity index (χ4v) is 3.64. The lowest BCUT2D eigenvalue weighted by Crippen LogP contribution is -2.18. The number of hydrogen-bond donors (Lipinski definition) is 3. The number of aryl methyl sites for hydroxylation is 1. The second-order valence-electron chi connectivity index (χ2n) is 7.26. The predicted octanol–water partition coefficient (Wildman–Crippen LogP) is 3.92. The molecule has 0 aliphatic heterocycles. The Morgan fingerprint density at radius 2 is 2.00 bits per heavy atom. The molecule has 2 heterocycles.